The molecule has 7 heteroatoms. The van der Waals surface area contributed by atoms with Gasteiger partial charge >= 0.3 is 0 Å². The van der Waals surface area contributed by atoms with Crippen LogP contribution in [0, 0.1) is 11.3 Å². The Morgan fingerprint density at radius 1 is 1.24 bits per heavy atom. The Bertz CT molecular complexity index is 884. The third kappa shape index (κ3) is 5.01. The van der Waals surface area contributed by atoms with Crippen molar-refractivity contribution in [1.82, 2.24) is 15.3 Å². The van der Waals surface area contributed by atoms with E-state index in [1.807, 2.05) is 38.1 Å². The lowest BCUT2D eigenvalue weighted by molar-refractivity contribution is -0.121. The molecule has 1 amide bonds. The van der Waals surface area contributed by atoms with Crippen molar-refractivity contribution < 1.29 is 9.53 Å². The van der Waals surface area contributed by atoms with Crippen molar-refractivity contribution in [3.8, 4) is 6.07 Å². The highest BCUT2D eigenvalue weighted by molar-refractivity contribution is 5.88. The molecular formula is C22H29N5O2. The standard InChI is InChI=1S/C22H29N5O2/c1-4-5-8-11-24-22(28)17(12-23)20-21(27-13-15(2)29-16(3)14-27)26-19-10-7-6-9-18(19)25-20/h6-7,9-10,15-17H,4-5,8,11,13-14H2,1-3H3,(H,24,28). The minimum Gasteiger partial charge on any atom is -0.372 e. The molecule has 0 radical (unpaired) electrons. The summed E-state index contributed by atoms with van der Waals surface area (Å²) >= 11 is 0. The summed E-state index contributed by atoms with van der Waals surface area (Å²) in [5, 5.41) is 12.7. The molecule has 1 saturated heterocycles. The van der Waals surface area contributed by atoms with Crippen molar-refractivity contribution in [3.05, 3.63) is 30.0 Å². The number of benzene rings is 1. The van der Waals surface area contributed by atoms with Crippen LogP contribution in [0.1, 0.15) is 51.6 Å². The van der Waals surface area contributed by atoms with E-state index in [0.717, 1.165) is 24.8 Å². The molecule has 3 atom stereocenters. The second kappa shape index (κ2) is 9.66. The minimum absolute atomic E-state index is 0.0308. The molecule has 2 aromatic rings. The van der Waals surface area contributed by atoms with Crippen LogP contribution in [0.5, 0.6) is 0 Å². The first-order valence-electron chi connectivity index (χ1n) is 10.4. The van der Waals surface area contributed by atoms with E-state index in [1.54, 1.807) is 0 Å². The monoisotopic (exact) mass is 395 g/mol. The quantitative estimate of drug-likeness (QED) is 0.724. The van der Waals surface area contributed by atoms with Gasteiger partial charge in [0.1, 0.15) is 5.69 Å². The SMILES string of the molecule is CCCCCNC(=O)C(C#N)c1nc2ccccc2nc1N1CC(C)OC(C)C1. The molecule has 2 heterocycles. The Balaban J connectivity index is 1.97. The van der Waals surface area contributed by atoms with Crippen molar-refractivity contribution in [2.45, 2.75) is 58.2 Å². The zero-order chi connectivity index (χ0) is 20.8. The lowest BCUT2D eigenvalue weighted by atomic mass is 10.0. The summed E-state index contributed by atoms with van der Waals surface area (Å²) in [6.45, 7) is 7.98. The van der Waals surface area contributed by atoms with E-state index in [-0.39, 0.29) is 18.1 Å². The smallest absolute Gasteiger partial charge is 0.243 e. The van der Waals surface area contributed by atoms with Crippen molar-refractivity contribution >= 4 is 22.8 Å². The molecule has 154 valence electrons. The number of nitrogens with one attached hydrogen (secondary N) is 1. The van der Waals surface area contributed by atoms with Crippen molar-refractivity contribution in [3.63, 3.8) is 0 Å². The van der Waals surface area contributed by atoms with Gasteiger partial charge in [0, 0.05) is 19.6 Å². The molecule has 0 saturated carbocycles. The molecule has 7 nitrogen and oxygen atoms in total. The molecule has 1 aliphatic heterocycles. The van der Waals surface area contributed by atoms with Gasteiger partial charge in [-0.15, -0.1) is 0 Å². The molecule has 1 fully saturated rings. The highest BCUT2D eigenvalue weighted by Gasteiger charge is 2.31. The van der Waals surface area contributed by atoms with Crippen molar-refractivity contribution in [2.75, 3.05) is 24.5 Å². The fourth-order valence-electron chi connectivity index (χ4n) is 3.71. The Kier molecular flexibility index (Phi) is 6.99. The first-order valence-corrected chi connectivity index (χ1v) is 10.4. The molecule has 3 unspecified atom stereocenters. The van der Waals surface area contributed by atoms with E-state index >= 15 is 0 Å². The maximum absolute atomic E-state index is 12.8. The second-order valence-electron chi connectivity index (χ2n) is 7.64. The van der Waals surface area contributed by atoms with Crippen LogP contribution in [-0.2, 0) is 9.53 Å². The summed E-state index contributed by atoms with van der Waals surface area (Å²) < 4.78 is 5.84. The molecular weight excluding hydrogens is 366 g/mol. The highest BCUT2D eigenvalue weighted by Crippen LogP contribution is 2.29. The predicted molar refractivity (Wildman–Crippen MR) is 113 cm³/mol. The summed E-state index contributed by atoms with van der Waals surface area (Å²) in [6.07, 6.45) is 3.08. The van der Waals surface area contributed by atoms with E-state index in [1.165, 1.54) is 0 Å². The number of anilines is 1. The summed E-state index contributed by atoms with van der Waals surface area (Å²) in [7, 11) is 0. The maximum Gasteiger partial charge on any atom is 0.243 e. The number of carbonyl (C=O) groups is 1. The molecule has 1 aromatic carbocycles. The second-order valence-corrected chi connectivity index (χ2v) is 7.64. The molecule has 0 bridgehead atoms. The van der Waals surface area contributed by atoms with Crippen LogP contribution >= 0.6 is 0 Å². The number of hydrogen-bond acceptors (Lipinski definition) is 6. The number of morpholine rings is 1. The lowest BCUT2D eigenvalue weighted by Gasteiger charge is -2.37. The third-order valence-electron chi connectivity index (χ3n) is 5.04. The van der Waals surface area contributed by atoms with Gasteiger partial charge in [-0.1, -0.05) is 31.9 Å². The topological polar surface area (TPSA) is 91.1 Å². The zero-order valence-electron chi connectivity index (χ0n) is 17.4. The van der Waals surface area contributed by atoms with E-state index in [0.29, 0.717) is 36.7 Å². The largest absolute Gasteiger partial charge is 0.372 e. The van der Waals surface area contributed by atoms with Gasteiger partial charge in [-0.2, -0.15) is 5.26 Å². The Labute approximate surface area is 172 Å². The maximum atomic E-state index is 12.8. The summed E-state index contributed by atoms with van der Waals surface area (Å²) in [5.41, 5.74) is 1.85. The van der Waals surface area contributed by atoms with Gasteiger partial charge in [0.25, 0.3) is 0 Å². The molecule has 1 N–H and O–H groups in total. The number of rotatable bonds is 7. The number of nitriles is 1. The number of fused-ring (bicyclic) bond motifs is 1. The van der Waals surface area contributed by atoms with Gasteiger partial charge < -0.3 is 15.0 Å². The number of hydrogen-bond donors (Lipinski definition) is 1. The van der Waals surface area contributed by atoms with Gasteiger partial charge in [0.15, 0.2) is 11.7 Å². The van der Waals surface area contributed by atoms with Gasteiger partial charge in [-0.3, -0.25) is 4.79 Å². The zero-order valence-corrected chi connectivity index (χ0v) is 17.4. The van der Waals surface area contributed by atoms with Gasteiger partial charge in [-0.05, 0) is 32.4 Å². The number of nitrogens with zero attached hydrogens (tertiary/aromatic N) is 4. The number of ether oxygens (including phenoxy) is 1. The van der Waals surface area contributed by atoms with E-state index in [9.17, 15) is 10.1 Å². The number of amides is 1. The average molecular weight is 396 g/mol. The van der Waals surface area contributed by atoms with Crippen LogP contribution in [0.25, 0.3) is 11.0 Å². The summed E-state index contributed by atoms with van der Waals surface area (Å²) in [6, 6.07) is 9.70. The fraction of sp³-hybridized carbons (Fsp3) is 0.545. The Morgan fingerprint density at radius 3 is 2.52 bits per heavy atom. The summed E-state index contributed by atoms with van der Waals surface area (Å²) in [4.78, 5) is 24.4. The van der Waals surface area contributed by atoms with Crippen LogP contribution in [-0.4, -0.2) is 47.7 Å². The first-order chi connectivity index (χ1) is 14.0. The van der Waals surface area contributed by atoms with Crippen LogP contribution < -0.4 is 10.2 Å². The van der Waals surface area contributed by atoms with Crippen LogP contribution in [0.2, 0.25) is 0 Å². The summed E-state index contributed by atoms with van der Waals surface area (Å²) in [5.74, 6) is -0.720. The van der Waals surface area contributed by atoms with Gasteiger partial charge in [-0.25, -0.2) is 9.97 Å². The minimum atomic E-state index is -1.00. The molecule has 1 aromatic heterocycles. The number of unbranched alkanes of at least 4 members (excludes halogenated alkanes) is 2. The van der Waals surface area contributed by atoms with E-state index in [4.69, 9.17) is 14.7 Å². The number of para-hydroxylation sites is 2. The van der Waals surface area contributed by atoms with Crippen LogP contribution in [0.4, 0.5) is 5.82 Å². The average Bonchev–Trinajstić information content (AvgIpc) is 2.70. The molecule has 29 heavy (non-hydrogen) atoms. The fourth-order valence-corrected chi connectivity index (χ4v) is 3.71. The van der Waals surface area contributed by atoms with Crippen molar-refractivity contribution in [2.24, 2.45) is 0 Å². The third-order valence-corrected chi connectivity index (χ3v) is 5.04. The van der Waals surface area contributed by atoms with Crippen molar-refractivity contribution in [1.29, 1.82) is 5.26 Å². The van der Waals surface area contributed by atoms with Gasteiger partial charge in [0.2, 0.25) is 5.91 Å². The van der Waals surface area contributed by atoms with Crippen LogP contribution in [0.15, 0.2) is 24.3 Å². The molecule has 3 rings (SSSR count). The Hall–Kier alpha value is -2.72. The lowest BCUT2D eigenvalue weighted by Crippen LogP contribution is -2.46. The normalized spacial score (nSPS) is 20.3. The number of carbonyl (C=O) groups excluding carboxylic acids is 1. The highest BCUT2D eigenvalue weighted by atomic mass is 16.5. The predicted octanol–water partition coefficient (Wildman–Crippen LogP) is 3.16. The van der Waals surface area contributed by atoms with Crippen LogP contribution in [0.3, 0.4) is 0 Å². The van der Waals surface area contributed by atoms with E-state index < -0.39 is 5.92 Å². The molecule has 0 spiro atoms. The molecule has 0 aliphatic carbocycles. The van der Waals surface area contributed by atoms with E-state index in [2.05, 4.69) is 23.2 Å². The first kappa shape index (κ1) is 21.0. The number of aromatic nitrogens is 2. The Morgan fingerprint density at radius 2 is 1.90 bits per heavy atom. The van der Waals surface area contributed by atoms with Gasteiger partial charge in [0.05, 0.1) is 29.3 Å². The molecule has 1 aliphatic rings.